The van der Waals surface area contributed by atoms with Gasteiger partial charge in [0.05, 0.1) is 7.11 Å². The van der Waals surface area contributed by atoms with Crippen LogP contribution < -0.4 is 0 Å². The number of Topliss-reactive ketones (excluding diaryl/α,β-unsaturated/α-hetero) is 1. The Morgan fingerprint density at radius 1 is 1.38 bits per heavy atom. The van der Waals surface area contributed by atoms with E-state index in [4.69, 9.17) is 4.74 Å². The van der Waals surface area contributed by atoms with Crippen LogP contribution in [0.15, 0.2) is 12.2 Å². The third-order valence-corrected chi connectivity index (χ3v) is 4.52. The molecule has 0 spiro atoms. The zero-order valence-electron chi connectivity index (χ0n) is 10.1. The number of hydrogen-bond acceptors (Lipinski definition) is 3. The number of ketones is 1. The number of carbonyl (C=O) groups is 2. The Labute approximate surface area is 95.9 Å². The van der Waals surface area contributed by atoms with Crippen LogP contribution >= 0.6 is 0 Å². The molecule has 0 N–H and O–H groups in total. The lowest BCUT2D eigenvalue weighted by Gasteiger charge is -2.25. The number of rotatable bonds is 3. The van der Waals surface area contributed by atoms with Crippen molar-refractivity contribution in [2.45, 2.75) is 33.1 Å². The molecule has 0 aromatic heterocycles. The van der Waals surface area contributed by atoms with E-state index in [0.717, 1.165) is 19.3 Å². The van der Waals surface area contributed by atoms with Gasteiger partial charge in [-0.15, -0.1) is 0 Å². The first kappa shape index (κ1) is 11.4. The van der Waals surface area contributed by atoms with Gasteiger partial charge in [0.2, 0.25) is 0 Å². The molecule has 0 bridgehead atoms. The molecule has 2 aliphatic rings. The first-order valence-electron chi connectivity index (χ1n) is 5.64. The fraction of sp³-hybridized carbons (Fsp3) is 0.692. The highest BCUT2D eigenvalue weighted by Crippen LogP contribution is 2.72. The molecule has 2 rings (SSSR count). The molecule has 3 unspecified atom stereocenters. The molecule has 0 aromatic rings. The van der Waals surface area contributed by atoms with E-state index in [1.165, 1.54) is 7.11 Å². The summed E-state index contributed by atoms with van der Waals surface area (Å²) < 4.78 is 4.72. The summed E-state index contributed by atoms with van der Waals surface area (Å²) in [6.07, 6.45) is 2.64. The van der Waals surface area contributed by atoms with Gasteiger partial charge in [-0.25, -0.2) is 4.79 Å². The molecule has 16 heavy (non-hydrogen) atoms. The highest BCUT2D eigenvalue weighted by molar-refractivity contribution is 5.91. The molecule has 88 valence electrons. The van der Waals surface area contributed by atoms with Gasteiger partial charge in [0, 0.05) is 16.4 Å². The molecule has 0 radical (unpaired) electrons. The molecule has 2 aliphatic carbocycles. The van der Waals surface area contributed by atoms with Gasteiger partial charge in [-0.05, 0) is 32.1 Å². The molecule has 3 atom stereocenters. The Kier molecular flexibility index (Phi) is 2.26. The van der Waals surface area contributed by atoms with E-state index in [2.05, 4.69) is 6.58 Å². The summed E-state index contributed by atoms with van der Waals surface area (Å²) in [5, 5.41) is 0. The van der Waals surface area contributed by atoms with Gasteiger partial charge in [0.25, 0.3) is 0 Å². The molecule has 3 heteroatoms. The molecule has 0 aromatic carbocycles. The quantitative estimate of drug-likeness (QED) is 0.542. The predicted octanol–water partition coefficient (Wildman–Crippen LogP) is 2.11. The van der Waals surface area contributed by atoms with Crippen molar-refractivity contribution in [2.24, 2.45) is 16.7 Å². The molecule has 0 aliphatic heterocycles. The fourth-order valence-electron chi connectivity index (χ4n) is 3.25. The summed E-state index contributed by atoms with van der Waals surface area (Å²) in [5.74, 6) is 0.347. The highest BCUT2D eigenvalue weighted by Gasteiger charge is 2.67. The van der Waals surface area contributed by atoms with E-state index in [1.807, 2.05) is 6.92 Å². The number of fused-ring (bicyclic) bond motifs is 1. The van der Waals surface area contributed by atoms with Crippen molar-refractivity contribution >= 4 is 11.8 Å². The van der Waals surface area contributed by atoms with Crippen LogP contribution in [0.5, 0.6) is 0 Å². The largest absolute Gasteiger partial charge is 0.466 e. The summed E-state index contributed by atoms with van der Waals surface area (Å²) in [7, 11) is 1.38. The molecule has 0 heterocycles. The molecule has 2 fully saturated rings. The topological polar surface area (TPSA) is 43.4 Å². The van der Waals surface area contributed by atoms with Crippen LogP contribution in [0.2, 0.25) is 0 Å². The first-order chi connectivity index (χ1) is 7.35. The average Bonchev–Trinajstić information content (AvgIpc) is 2.81. The van der Waals surface area contributed by atoms with Crippen molar-refractivity contribution in [1.82, 2.24) is 0 Å². The maximum Gasteiger partial charge on any atom is 0.333 e. The van der Waals surface area contributed by atoms with Crippen LogP contribution in [0.3, 0.4) is 0 Å². The maximum atomic E-state index is 11.6. The minimum absolute atomic E-state index is 0.131. The lowest BCUT2D eigenvalue weighted by atomic mass is 9.78. The third-order valence-electron chi connectivity index (χ3n) is 4.52. The van der Waals surface area contributed by atoms with Crippen molar-refractivity contribution in [3.8, 4) is 0 Å². The lowest BCUT2D eigenvalue weighted by molar-refractivity contribution is -0.137. The highest BCUT2D eigenvalue weighted by atomic mass is 16.5. The van der Waals surface area contributed by atoms with E-state index in [-0.39, 0.29) is 22.6 Å². The summed E-state index contributed by atoms with van der Waals surface area (Å²) in [6.45, 7) is 7.49. The van der Waals surface area contributed by atoms with E-state index < -0.39 is 0 Å². The number of esters is 1. The van der Waals surface area contributed by atoms with Crippen LogP contribution in [0.4, 0.5) is 0 Å². The molecular weight excluding hydrogens is 204 g/mol. The molecule has 0 amide bonds. The number of ether oxygens (including phenoxy) is 1. The Hall–Kier alpha value is -1.12. The van der Waals surface area contributed by atoms with Gasteiger partial charge in [0.1, 0.15) is 5.78 Å². The first-order valence-corrected chi connectivity index (χ1v) is 5.64. The van der Waals surface area contributed by atoms with Crippen molar-refractivity contribution in [2.75, 3.05) is 7.11 Å². The second-order valence-electron chi connectivity index (χ2n) is 5.53. The number of methoxy groups -OCH3 is 1. The van der Waals surface area contributed by atoms with E-state index >= 15 is 0 Å². The Morgan fingerprint density at radius 3 is 2.44 bits per heavy atom. The summed E-state index contributed by atoms with van der Waals surface area (Å²) in [5.41, 5.74) is 0.165. The summed E-state index contributed by atoms with van der Waals surface area (Å²) in [4.78, 5) is 23.1. The van der Waals surface area contributed by atoms with Crippen molar-refractivity contribution in [1.29, 1.82) is 0 Å². The Balaban J connectivity index is 2.18. The van der Waals surface area contributed by atoms with Gasteiger partial charge in [-0.2, -0.15) is 0 Å². The van der Waals surface area contributed by atoms with Gasteiger partial charge in [0.15, 0.2) is 0 Å². The summed E-state index contributed by atoms with van der Waals surface area (Å²) in [6, 6.07) is 0. The van der Waals surface area contributed by atoms with Crippen LogP contribution in [0.1, 0.15) is 33.1 Å². The standard InChI is InChI=1S/C13H18O3/c1-8(11(15)16-4)13-6-10(13)5-12(3,7-13)9(2)14/h10H,1,5-7H2,2-4H3. The smallest absolute Gasteiger partial charge is 0.333 e. The van der Waals surface area contributed by atoms with Crippen molar-refractivity contribution in [3.63, 3.8) is 0 Å². The average molecular weight is 222 g/mol. The predicted molar refractivity (Wildman–Crippen MR) is 59.7 cm³/mol. The van der Waals surface area contributed by atoms with E-state index in [0.29, 0.717) is 11.5 Å². The molecular formula is C13H18O3. The van der Waals surface area contributed by atoms with Crippen molar-refractivity contribution < 1.29 is 14.3 Å². The Bertz CT molecular complexity index is 385. The minimum atomic E-state index is -0.324. The second-order valence-corrected chi connectivity index (χ2v) is 5.53. The third kappa shape index (κ3) is 1.34. The van der Waals surface area contributed by atoms with Crippen LogP contribution in [0.25, 0.3) is 0 Å². The van der Waals surface area contributed by atoms with E-state index in [1.54, 1.807) is 6.92 Å². The Morgan fingerprint density at radius 2 is 2.00 bits per heavy atom. The molecule has 3 nitrogen and oxygen atoms in total. The molecule has 2 saturated carbocycles. The number of carbonyl (C=O) groups excluding carboxylic acids is 2. The number of hydrogen-bond donors (Lipinski definition) is 0. The van der Waals surface area contributed by atoms with Crippen LogP contribution in [-0.4, -0.2) is 18.9 Å². The SMILES string of the molecule is C=C(C(=O)OC)C12CC1CC(C)(C(C)=O)C2. The normalized spacial score (nSPS) is 40.1. The van der Waals surface area contributed by atoms with Gasteiger partial charge in [-0.3, -0.25) is 4.79 Å². The van der Waals surface area contributed by atoms with Crippen molar-refractivity contribution in [3.05, 3.63) is 12.2 Å². The lowest BCUT2D eigenvalue weighted by Crippen LogP contribution is -2.26. The zero-order chi connectivity index (χ0) is 12.1. The van der Waals surface area contributed by atoms with Gasteiger partial charge < -0.3 is 4.74 Å². The minimum Gasteiger partial charge on any atom is -0.466 e. The zero-order valence-corrected chi connectivity index (χ0v) is 10.1. The second kappa shape index (κ2) is 3.19. The van der Waals surface area contributed by atoms with Gasteiger partial charge in [-0.1, -0.05) is 13.5 Å². The molecule has 0 saturated heterocycles. The van der Waals surface area contributed by atoms with Gasteiger partial charge >= 0.3 is 5.97 Å². The summed E-state index contributed by atoms with van der Waals surface area (Å²) >= 11 is 0. The maximum absolute atomic E-state index is 11.6. The monoisotopic (exact) mass is 222 g/mol. The fourth-order valence-corrected chi connectivity index (χ4v) is 3.25. The van der Waals surface area contributed by atoms with Crippen LogP contribution in [0, 0.1) is 16.7 Å². The van der Waals surface area contributed by atoms with Crippen LogP contribution in [-0.2, 0) is 14.3 Å². The van der Waals surface area contributed by atoms with E-state index in [9.17, 15) is 9.59 Å².